The first-order chi connectivity index (χ1) is 10.2. The van der Waals surface area contributed by atoms with E-state index in [1.807, 2.05) is 23.1 Å². The van der Waals surface area contributed by atoms with Gasteiger partial charge in [0, 0.05) is 29.4 Å². The number of hydrogen-bond donors (Lipinski definition) is 0. The standard InChI is InChI=1S/C18H18N2O/c1-12-7-9-14(10-8-12)19-11-13(2)20-17(19)15-5-3-4-6-16(15)18(20)21/h3-10,13,17H,11H2,1-2H3. The van der Waals surface area contributed by atoms with Gasteiger partial charge >= 0.3 is 0 Å². The summed E-state index contributed by atoms with van der Waals surface area (Å²) in [5.41, 5.74) is 4.42. The van der Waals surface area contributed by atoms with Crippen molar-refractivity contribution in [2.24, 2.45) is 0 Å². The minimum atomic E-state index is 0.0476. The molecule has 0 spiro atoms. The monoisotopic (exact) mass is 278 g/mol. The molecule has 0 N–H and O–H groups in total. The lowest BCUT2D eigenvalue weighted by atomic mass is 10.1. The smallest absolute Gasteiger partial charge is 0.256 e. The van der Waals surface area contributed by atoms with Gasteiger partial charge in [-0.2, -0.15) is 0 Å². The van der Waals surface area contributed by atoms with Crippen LogP contribution in [0.15, 0.2) is 48.5 Å². The predicted molar refractivity (Wildman–Crippen MR) is 83.3 cm³/mol. The van der Waals surface area contributed by atoms with Gasteiger partial charge in [-0.25, -0.2) is 0 Å². The van der Waals surface area contributed by atoms with Gasteiger partial charge in [-0.15, -0.1) is 0 Å². The Balaban J connectivity index is 1.82. The number of anilines is 1. The van der Waals surface area contributed by atoms with Gasteiger partial charge in [0.1, 0.15) is 6.17 Å². The molecule has 2 unspecified atom stereocenters. The van der Waals surface area contributed by atoms with Crippen LogP contribution in [0.5, 0.6) is 0 Å². The molecular weight excluding hydrogens is 260 g/mol. The molecule has 1 saturated heterocycles. The summed E-state index contributed by atoms with van der Waals surface area (Å²) < 4.78 is 0. The van der Waals surface area contributed by atoms with Gasteiger partial charge in [0.25, 0.3) is 5.91 Å². The van der Waals surface area contributed by atoms with E-state index in [9.17, 15) is 4.79 Å². The fraction of sp³-hybridized carbons (Fsp3) is 0.278. The van der Waals surface area contributed by atoms with E-state index in [0.29, 0.717) is 0 Å². The van der Waals surface area contributed by atoms with Crippen LogP contribution < -0.4 is 4.90 Å². The molecule has 2 atom stereocenters. The summed E-state index contributed by atoms with van der Waals surface area (Å²) >= 11 is 0. The average Bonchev–Trinajstić information content (AvgIpc) is 2.98. The van der Waals surface area contributed by atoms with Crippen molar-refractivity contribution in [3.05, 3.63) is 65.2 Å². The first kappa shape index (κ1) is 12.5. The number of fused-ring (bicyclic) bond motifs is 3. The number of carbonyl (C=O) groups excluding carboxylic acids is 1. The predicted octanol–water partition coefficient (Wildman–Crippen LogP) is 3.36. The molecular formula is C18H18N2O. The molecule has 21 heavy (non-hydrogen) atoms. The minimum Gasteiger partial charge on any atom is -0.345 e. The van der Waals surface area contributed by atoms with Crippen LogP contribution in [-0.2, 0) is 0 Å². The van der Waals surface area contributed by atoms with E-state index in [4.69, 9.17) is 0 Å². The molecule has 0 bridgehead atoms. The maximum absolute atomic E-state index is 12.6. The Kier molecular flexibility index (Phi) is 2.58. The van der Waals surface area contributed by atoms with E-state index < -0.39 is 0 Å². The van der Waals surface area contributed by atoms with E-state index >= 15 is 0 Å². The summed E-state index contributed by atoms with van der Waals surface area (Å²) in [5.74, 6) is 0.165. The second kappa shape index (κ2) is 4.35. The van der Waals surface area contributed by atoms with E-state index in [0.717, 1.165) is 17.7 Å². The third-order valence-corrected chi connectivity index (χ3v) is 4.56. The quantitative estimate of drug-likeness (QED) is 0.798. The molecule has 3 heteroatoms. The van der Waals surface area contributed by atoms with Crippen LogP contribution in [0.4, 0.5) is 5.69 Å². The Labute approximate surface area is 124 Å². The summed E-state index contributed by atoms with van der Waals surface area (Å²) in [7, 11) is 0. The zero-order valence-electron chi connectivity index (χ0n) is 12.3. The molecule has 2 aromatic carbocycles. The van der Waals surface area contributed by atoms with Crippen molar-refractivity contribution < 1.29 is 4.79 Å². The first-order valence-electron chi connectivity index (χ1n) is 7.42. The van der Waals surface area contributed by atoms with Crippen molar-refractivity contribution in [2.45, 2.75) is 26.1 Å². The number of rotatable bonds is 1. The fourth-order valence-corrected chi connectivity index (χ4v) is 3.53. The maximum Gasteiger partial charge on any atom is 0.256 e. The normalized spacial score (nSPS) is 23.4. The Morgan fingerprint density at radius 3 is 2.52 bits per heavy atom. The Morgan fingerprint density at radius 1 is 1.05 bits per heavy atom. The fourth-order valence-electron chi connectivity index (χ4n) is 3.53. The zero-order chi connectivity index (χ0) is 14.6. The molecule has 106 valence electrons. The summed E-state index contributed by atoms with van der Waals surface area (Å²) in [5, 5.41) is 0. The molecule has 1 amide bonds. The van der Waals surface area contributed by atoms with E-state index in [1.165, 1.54) is 11.3 Å². The highest BCUT2D eigenvalue weighted by molar-refractivity contribution is 6.00. The number of aryl methyl sites for hydroxylation is 1. The van der Waals surface area contributed by atoms with E-state index in [-0.39, 0.29) is 18.1 Å². The third kappa shape index (κ3) is 1.70. The molecule has 3 nitrogen and oxygen atoms in total. The van der Waals surface area contributed by atoms with Crippen LogP contribution in [0.1, 0.15) is 34.6 Å². The first-order valence-corrected chi connectivity index (χ1v) is 7.42. The minimum absolute atomic E-state index is 0.0476. The van der Waals surface area contributed by atoms with Crippen molar-refractivity contribution in [3.63, 3.8) is 0 Å². The van der Waals surface area contributed by atoms with Crippen molar-refractivity contribution in [2.75, 3.05) is 11.4 Å². The molecule has 0 saturated carbocycles. The lowest BCUT2D eigenvalue weighted by Crippen LogP contribution is -2.31. The van der Waals surface area contributed by atoms with E-state index in [2.05, 4.69) is 49.1 Å². The summed E-state index contributed by atoms with van der Waals surface area (Å²) in [6.45, 7) is 5.11. The van der Waals surface area contributed by atoms with Crippen LogP contribution in [-0.4, -0.2) is 23.4 Å². The number of hydrogen-bond acceptors (Lipinski definition) is 2. The third-order valence-electron chi connectivity index (χ3n) is 4.56. The van der Waals surface area contributed by atoms with E-state index in [1.54, 1.807) is 0 Å². The molecule has 0 radical (unpaired) electrons. The molecule has 2 aliphatic heterocycles. The highest BCUT2D eigenvalue weighted by Crippen LogP contribution is 2.44. The van der Waals surface area contributed by atoms with Gasteiger partial charge in [-0.05, 0) is 32.0 Å². The van der Waals surface area contributed by atoms with Crippen molar-refractivity contribution in [3.8, 4) is 0 Å². The number of amides is 1. The maximum atomic E-state index is 12.6. The number of carbonyl (C=O) groups is 1. The van der Waals surface area contributed by atoms with Crippen molar-refractivity contribution >= 4 is 11.6 Å². The lowest BCUT2D eigenvalue weighted by Gasteiger charge is -2.27. The molecule has 2 aromatic rings. The lowest BCUT2D eigenvalue weighted by molar-refractivity contribution is 0.0727. The zero-order valence-corrected chi connectivity index (χ0v) is 12.3. The van der Waals surface area contributed by atoms with Gasteiger partial charge in [0.05, 0.1) is 0 Å². The van der Waals surface area contributed by atoms with Gasteiger partial charge < -0.3 is 9.80 Å². The summed E-state index contributed by atoms with van der Waals surface area (Å²) in [4.78, 5) is 17.0. The molecule has 0 aliphatic carbocycles. The summed E-state index contributed by atoms with van der Waals surface area (Å²) in [6.07, 6.45) is 0.0476. The van der Waals surface area contributed by atoms with Crippen LogP contribution in [0.2, 0.25) is 0 Å². The Bertz CT molecular complexity index is 707. The second-order valence-electron chi connectivity index (χ2n) is 6.01. The molecule has 4 rings (SSSR count). The van der Waals surface area contributed by atoms with Gasteiger partial charge in [0.2, 0.25) is 0 Å². The SMILES string of the molecule is Cc1ccc(N2CC(C)N3C(=O)c4ccccc4C23)cc1. The highest BCUT2D eigenvalue weighted by atomic mass is 16.2. The van der Waals surface area contributed by atoms with Crippen LogP contribution in [0.3, 0.4) is 0 Å². The molecule has 2 aliphatic rings. The number of nitrogens with zero attached hydrogens (tertiary/aromatic N) is 2. The molecule has 2 heterocycles. The van der Waals surface area contributed by atoms with Crippen molar-refractivity contribution in [1.29, 1.82) is 0 Å². The van der Waals surface area contributed by atoms with Gasteiger partial charge in [-0.3, -0.25) is 4.79 Å². The van der Waals surface area contributed by atoms with Crippen molar-refractivity contribution in [1.82, 2.24) is 4.90 Å². The van der Waals surface area contributed by atoms with Crippen LogP contribution in [0, 0.1) is 6.92 Å². The largest absolute Gasteiger partial charge is 0.345 e. The van der Waals surface area contributed by atoms with Gasteiger partial charge in [-0.1, -0.05) is 35.9 Å². The second-order valence-corrected chi connectivity index (χ2v) is 6.01. The average molecular weight is 278 g/mol. The van der Waals surface area contributed by atoms with Crippen LogP contribution >= 0.6 is 0 Å². The van der Waals surface area contributed by atoms with Crippen LogP contribution in [0.25, 0.3) is 0 Å². The highest BCUT2D eigenvalue weighted by Gasteiger charge is 2.47. The topological polar surface area (TPSA) is 23.6 Å². The number of benzene rings is 2. The molecule has 1 fully saturated rings. The Morgan fingerprint density at radius 2 is 1.76 bits per heavy atom. The Hall–Kier alpha value is -2.29. The molecule has 0 aromatic heterocycles. The van der Waals surface area contributed by atoms with Gasteiger partial charge in [0.15, 0.2) is 0 Å². The summed E-state index contributed by atoms with van der Waals surface area (Å²) in [6, 6.07) is 16.8.